The average molecular weight is 263 g/mol. The second-order valence-corrected chi connectivity index (χ2v) is 5.02. The molecule has 0 aromatic heterocycles. The van der Waals surface area contributed by atoms with E-state index in [4.69, 9.17) is 4.74 Å². The summed E-state index contributed by atoms with van der Waals surface area (Å²) in [5.74, 6) is 0.707. The van der Waals surface area contributed by atoms with Crippen LogP contribution in [0.5, 0.6) is 0 Å². The second-order valence-electron chi connectivity index (χ2n) is 4.38. The lowest BCUT2D eigenvalue weighted by Crippen LogP contribution is -2.18. The first-order chi connectivity index (χ1) is 6.86. The molecule has 14 heavy (non-hydrogen) atoms. The molecule has 0 aromatic carbocycles. The van der Waals surface area contributed by atoms with Gasteiger partial charge < -0.3 is 4.74 Å². The first kappa shape index (κ1) is 12.5. The van der Waals surface area contributed by atoms with Gasteiger partial charge in [0.25, 0.3) is 0 Å². The van der Waals surface area contributed by atoms with Crippen molar-refractivity contribution in [3.8, 4) is 0 Å². The van der Waals surface area contributed by atoms with Gasteiger partial charge in [-0.3, -0.25) is 0 Å². The maximum absolute atomic E-state index is 5.98. The Kier molecular flexibility index (Phi) is 6.88. The molecule has 0 N–H and O–H groups in total. The third kappa shape index (κ3) is 4.79. The summed E-state index contributed by atoms with van der Waals surface area (Å²) >= 11 is 3.54. The molecule has 1 rings (SSSR count). The van der Waals surface area contributed by atoms with Crippen LogP contribution in [-0.4, -0.2) is 18.0 Å². The van der Waals surface area contributed by atoms with E-state index in [1.165, 1.54) is 44.9 Å². The molecule has 1 aliphatic rings. The van der Waals surface area contributed by atoms with Gasteiger partial charge >= 0.3 is 0 Å². The highest BCUT2D eigenvalue weighted by molar-refractivity contribution is 9.09. The molecule has 1 saturated carbocycles. The highest BCUT2D eigenvalue weighted by Gasteiger charge is 2.14. The molecule has 1 nitrogen and oxygen atoms in total. The summed E-state index contributed by atoms with van der Waals surface area (Å²) in [6.07, 6.45) is 9.93. The van der Waals surface area contributed by atoms with Crippen molar-refractivity contribution >= 4 is 15.9 Å². The fourth-order valence-electron chi connectivity index (χ4n) is 1.95. The average Bonchev–Trinajstić information content (AvgIpc) is 2.48. The van der Waals surface area contributed by atoms with Gasteiger partial charge in [-0.05, 0) is 18.8 Å². The van der Waals surface area contributed by atoms with Crippen LogP contribution in [0.1, 0.15) is 51.9 Å². The predicted molar refractivity (Wildman–Crippen MR) is 65.0 cm³/mol. The Labute approximate surface area is 96.7 Å². The van der Waals surface area contributed by atoms with E-state index < -0.39 is 0 Å². The maximum atomic E-state index is 5.98. The predicted octanol–water partition coefficient (Wildman–Crippen LogP) is 4.15. The van der Waals surface area contributed by atoms with E-state index in [0.29, 0.717) is 12.0 Å². The lowest BCUT2D eigenvalue weighted by atomic mass is 10.1. The molecule has 0 saturated heterocycles. The van der Waals surface area contributed by atoms with E-state index in [9.17, 15) is 0 Å². The summed E-state index contributed by atoms with van der Waals surface area (Å²) in [5, 5.41) is 1.08. The van der Waals surface area contributed by atoms with Gasteiger partial charge in [0.15, 0.2) is 0 Å². The van der Waals surface area contributed by atoms with Crippen LogP contribution < -0.4 is 0 Å². The van der Waals surface area contributed by atoms with Crippen molar-refractivity contribution in [1.82, 2.24) is 0 Å². The van der Waals surface area contributed by atoms with E-state index in [1.54, 1.807) is 0 Å². The zero-order valence-electron chi connectivity index (χ0n) is 9.30. The maximum Gasteiger partial charge on any atom is 0.0575 e. The summed E-state index contributed by atoms with van der Waals surface area (Å²) in [7, 11) is 0. The number of ether oxygens (including phenoxy) is 1. The van der Waals surface area contributed by atoms with Crippen LogP contribution in [0.2, 0.25) is 0 Å². The minimum Gasteiger partial charge on any atom is -0.378 e. The fourth-order valence-corrected chi connectivity index (χ4v) is 2.60. The lowest BCUT2D eigenvalue weighted by Gasteiger charge is -2.19. The van der Waals surface area contributed by atoms with Crippen molar-refractivity contribution < 1.29 is 4.74 Å². The zero-order valence-corrected chi connectivity index (χ0v) is 10.9. The number of alkyl halides is 1. The van der Waals surface area contributed by atoms with Crippen LogP contribution in [0, 0.1) is 5.92 Å². The summed E-state index contributed by atoms with van der Waals surface area (Å²) in [5.41, 5.74) is 0. The molecular formula is C12H23BrO. The van der Waals surface area contributed by atoms with Crippen molar-refractivity contribution in [3.63, 3.8) is 0 Å². The van der Waals surface area contributed by atoms with Crippen molar-refractivity contribution in [3.05, 3.63) is 0 Å². The Balaban J connectivity index is 2.14. The molecular weight excluding hydrogens is 240 g/mol. The van der Waals surface area contributed by atoms with Gasteiger partial charge in [-0.2, -0.15) is 0 Å². The molecule has 0 heterocycles. The van der Waals surface area contributed by atoms with Crippen LogP contribution in [0.25, 0.3) is 0 Å². The summed E-state index contributed by atoms with van der Waals surface area (Å²) < 4.78 is 5.98. The summed E-state index contributed by atoms with van der Waals surface area (Å²) in [6, 6.07) is 0. The topological polar surface area (TPSA) is 9.23 Å². The van der Waals surface area contributed by atoms with Crippen molar-refractivity contribution in [1.29, 1.82) is 0 Å². The van der Waals surface area contributed by atoms with Crippen molar-refractivity contribution in [2.75, 3.05) is 11.9 Å². The Morgan fingerprint density at radius 2 is 1.86 bits per heavy atom. The van der Waals surface area contributed by atoms with E-state index in [2.05, 4.69) is 22.9 Å². The Hall–Kier alpha value is 0.440. The van der Waals surface area contributed by atoms with Crippen LogP contribution in [-0.2, 0) is 4.74 Å². The van der Waals surface area contributed by atoms with Crippen LogP contribution in [0.4, 0.5) is 0 Å². The van der Waals surface area contributed by atoms with Gasteiger partial charge in [-0.1, -0.05) is 55.0 Å². The van der Waals surface area contributed by atoms with Crippen LogP contribution in [0.3, 0.4) is 0 Å². The van der Waals surface area contributed by atoms with E-state index in [1.807, 2.05) is 0 Å². The van der Waals surface area contributed by atoms with Crippen LogP contribution >= 0.6 is 15.9 Å². The summed E-state index contributed by atoms with van der Waals surface area (Å²) in [4.78, 5) is 0. The third-order valence-electron chi connectivity index (χ3n) is 3.17. The fraction of sp³-hybridized carbons (Fsp3) is 1.00. The molecule has 1 aliphatic carbocycles. The Morgan fingerprint density at radius 3 is 2.36 bits per heavy atom. The van der Waals surface area contributed by atoms with E-state index in [-0.39, 0.29) is 0 Å². The molecule has 84 valence electrons. The minimum atomic E-state index is 0.561. The Morgan fingerprint density at radius 1 is 1.21 bits per heavy atom. The van der Waals surface area contributed by atoms with E-state index >= 15 is 0 Å². The first-order valence-corrected chi connectivity index (χ1v) is 7.16. The largest absolute Gasteiger partial charge is 0.378 e. The molecule has 0 spiro atoms. The van der Waals surface area contributed by atoms with Gasteiger partial charge in [-0.25, -0.2) is 0 Å². The highest BCUT2D eigenvalue weighted by atomic mass is 79.9. The van der Waals surface area contributed by atoms with Crippen molar-refractivity contribution in [2.45, 2.75) is 58.0 Å². The SMILES string of the molecule is CCC(CBr)COC1CCCCCC1. The van der Waals surface area contributed by atoms with Gasteiger partial charge in [0, 0.05) is 5.33 Å². The molecule has 0 radical (unpaired) electrons. The lowest BCUT2D eigenvalue weighted by molar-refractivity contribution is 0.0242. The quantitative estimate of drug-likeness (QED) is 0.535. The van der Waals surface area contributed by atoms with Crippen molar-refractivity contribution in [2.24, 2.45) is 5.92 Å². The van der Waals surface area contributed by atoms with Gasteiger partial charge in [0.2, 0.25) is 0 Å². The van der Waals surface area contributed by atoms with Gasteiger partial charge in [-0.15, -0.1) is 0 Å². The second kappa shape index (κ2) is 7.70. The minimum absolute atomic E-state index is 0.561. The van der Waals surface area contributed by atoms with Crippen LogP contribution in [0.15, 0.2) is 0 Å². The molecule has 0 aliphatic heterocycles. The smallest absolute Gasteiger partial charge is 0.0575 e. The number of hydrogen-bond acceptors (Lipinski definition) is 1. The Bertz CT molecular complexity index is 126. The zero-order chi connectivity index (χ0) is 10.2. The molecule has 1 atom stereocenters. The molecule has 0 aromatic rings. The van der Waals surface area contributed by atoms with Gasteiger partial charge in [0.05, 0.1) is 12.7 Å². The molecule has 0 bridgehead atoms. The highest BCUT2D eigenvalue weighted by Crippen LogP contribution is 2.21. The first-order valence-electron chi connectivity index (χ1n) is 6.04. The summed E-state index contributed by atoms with van der Waals surface area (Å²) in [6.45, 7) is 3.19. The monoisotopic (exact) mass is 262 g/mol. The number of hydrogen-bond donors (Lipinski definition) is 0. The normalized spacial score (nSPS) is 21.9. The molecule has 0 amide bonds. The molecule has 2 heteroatoms. The standard InChI is InChI=1S/C12H23BrO/c1-2-11(9-13)10-14-12-7-5-3-4-6-8-12/h11-12H,2-10H2,1H3. The number of halogens is 1. The molecule has 1 fully saturated rings. The third-order valence-corrected chi connectivity index (χ3v) is 4.08. The van der Waals surface area contributed by atoms with E-state index in [0.717, 1.165) is 11.9 Å². The van der Waals surface area contributed by atoms with Gasteiger partial charge in [0.1, 0.15) is 0 Å². The number of rotatable bonds is 5. The molecule has 1 unspecified atom stereocenters.